The fraction of sp³-hybridized carbons (Fsp3) is 0.192. The minimum atomic E-state index is -0.292. The summed E-state index contributed by atoms with van der Waals surface area (Å²) in [5.41, 5.74) is 2.06. The van der Waals surface area contributed by atoms with E-state index in [-0.39, 0.29) is 18.5 Å². The van der Waals surface area contributed by atoms with Crippen molar-refractivity contribution in [3.05, 3.63) is 81.8 Å². The second kappa shape index (κ2) is 11.6. The number of carbonyl (C=O) groups is 1. The molecule has 0 radical (unpaired) electrons. The van der Waals surface area contributed by atoms with E-state index in [9.17, 15) is 4.79 Å². The molecule has 186 valence electrons. The molecule has 0 unspecified atom stereocenters. The van der Waals surface area contributed by atoms with E-state index in [1.54, 1.807) is 53.2 Å². The van der Waals surface area contributed by atoms with Gasteiger partial charge in [-0.2, -0.15) is 4.98 Å². The molecule has 10 heteroatoms. The van der Waals surface area contributed by atoms with Gasteiger partial charge in [0.1, 0.15) is 5.75 Å². The van der Waals surface area contributed by atoms with Crippen molar-refractivity contribution >= 4 is 46.4 Å². The molecule has 1 amide bonds. The van der Waals surface area contributed by atoms with Crippen molar-refractivity contribution in [2.24, 2.45) is 5.92 Å². The molecule has 0 bridgehead atoms. The molecule has 36 heavy (non-hydrogen) atoms. The highest BCUT2D eigenvalue weighted by Gasteiger charge is 2.16. The minimum Gasteiger partial charge on any atom is -0.484 e. The van der Waals surface area contributed by atoms with Crippen molar-refractivity contribution in [1.29, 1.82) is 0 Å². The summed E-state index contributed by atoms with van der Waals surface area (Å²) in [6.45, 7) is 4.44. The molecular weight excluding hydrogens is 523 g/mol. The molecule has 1 heterocycles. The summed E-state index contributed by atoms with van der Waals surface area (Å²) in [6, 6.07) is 19.5. The summed E-state index contributed by atoms with van der Waals surface area (Å²) >= 11 is 18.2. The first kappa shape index (κ1) is 25.8. The average molecular weight is 546 g/mol. The zero-order valence-electron chi connectivity index (χ0n) is 19.5. The van der Waals surface area contributed by atoms with Crippen molar-refractivity contribution in [3.63, 3.8) is 0 Å². The molecule has 0 aliphatic rings. The average Bonchev–Trinajstić information content (AvgIpc) is 3.29. The summed E-state index contributed by atoms with van der Waals surface area (Å²) in [6.07, 6.45) is 0. The van der Waals surface area contributed by atoms with Crippen LogP contribution in [0.25, 0.3) is 17.1 Å². The van der Waals surface area contributed by atoms with Crippen LogP contribution in [0, 0.1) is 5.92 Å². The van der Waals surface area contributed by atoms with Crippen LogP contribution in [0.5, 0.6) is 11.8 Å². The van der Waals surface area contributed by atoms with Crippen molar-refractivity contribution in [2.75, 3.05) is 18.5 Å². The van der Waals surface area contributed by atoms with Gasteiger partial charge in [0.15, 0.2) is 12.4 Å². The van der Waals surface area contributed by atoms with Gasteiger partial charge in [-0.05, 0) is 72.6 Å². The Morgan fingerprint density at radius 3 is 2.33 bits per heavy atom. The first-order valence-corrected chi connectivity index (χ1v) is 12.3. The first-order chi connectivity index (χ1) is 17.3. The van der Waals surface area contributed by atoms with Crippen molar-refractivity contribution in [3.8, 4) is 28.8 Å². The third-order valence-electron chi connectivity index (χ3n) is 4.89. The third kappa shape index (κ3) is 6.69. The Kier molecular flexibility index (Phi) is 8.36. The number of nitrogens with one attached hydrogen (secondary N) is 1. The van der Waals surface area contributed by atoms with Crippen LogP contribution < -0.4 is 14.8 Å². The number of hydrogen-bond donors (Lipinski definition) is 1. The smallest absolute Gasteiger partial charge is 0.336 e. The number of halogens is 3. The number of ether oxygens (including phenoxy) is 2. The van der Waals surface area contributed by atoms with Crippen molar-refractivity contribution in [2.45, 2.75) is 13.8 Å². The lowest BCUT2D eigenvalue weighted by molar-refractivity contribution is -0.118. The van der Waals surface area contributed by atoms with Gasteiger partial charge in [-0.15, -0.1) is 5.10 Å². The number of carbonyl (C=O) groups excluding carboxylic acids is 1. The van der Waals surface area contributed by atoms with Crippen LogP contribution in [-0.4, -0.2) is 33.9 Å². The number of anilines is 1. The van der Waals surface area contributed by atoms with Crippen molar-refractivity contribution in [1.82, 2.24) is 14.8 Å². The van der Waals surface area contributed by atoms with Gasteiger partial charge in [0.05, 0.1) is 22.3 Å². The summed E-state index contributed by atoms with van der Waals surface area (Å²) in [5.74, 6) is 1.12. The summed E-state index contributed by atoms with van der Waals surface area (Å²) in [7, 11) is 0. The van der Waals surface area contributed by atoms with E-state index in [4.69, 9.17) is 44.3 Å². The van der Waals surface area contributed by atoms with E-state index < -0.39 is 0 Å². The Hall–Kier alpha value is -3.26. The number of amides is 1. The topological polar surface area (TPSA) is 78.3 Å². The molecule has 0 atom stereocenters. The molecule has 7 nitrogen and oxygen atoms in total. The summed E-state index contributed by atoms with van der Waals surface area (Å²) in [4.78, 5) is 16.9. The maximum atomic E-state index is 12.3. The highest BCUT2D eigenvalue weighted by Crippen LogP contribution is 2.30. The second-order valence-electron chi connectivity index (χ2n) is 8.30. The number of rotatable bonds is 9. The van der Waals surface area contributed by atoms with Crippen LogP contribution >= 0.6 is 34.8 Å². The first-order valence-electron chi connectivity index (χ1n) is 11.1. The van der Waals surface area contributed by atoms with Gasteiger partial charge in [-0.3, -0.25) is 4.79 Å². The molecule has 0 saturated carbocycles. The number of aromatic nitrogens is 3. The zero-order valence-corrected chi connectivity index (χ0v) is 21.8. The predicted molar refractivity (Wildman–Crippen MR) is 143 cm³/mol. The fourth-order valence-corrected chi connectivity index (χ4v) is 3.58. The molecule has 0 spiro atoms. The fourth-order valence-electron chi connectivity index (χ4n) is 3.16. The maximum Gasteiger partial charge on any atom is 0.336 e. The van der Waals surface area contributed by atoms with Gasteiger partial charge in [0.2, 0.25) is 0 Å². The van der Waals surface area contributed by atoms with Gasteiger partial charge < -0.3 is 14.8 Å². The summed E-state index contributed by atoms with van der Waals surface area (Å²) in [5, 5.41) is 8.79. The largest absolute Gasteiger partial charge is 0.484 e. The van der Waals surface area contributed by atoms with E-state index in [0.29, 0.717) is 44.9 Å². The quantitative estimate of drug-likeness (QED) is 0.246. The SMILES string of the molecule is CC(C)COc1nc(-c2ccc(Cl)c(Cl)c2)n(-c2ccc(NC(=O)COc3ccc(Cl)cc3)cc2)n1. The number of hydrogen-bond acceptors (Lipinski definition) is 5. The second-order valence-corrected chi connectivity index (χ2v) is 9.55. The lowest BCUT2D eigenvalue weighted by atomic mass is 10.2. The van der Waals surface area contributed by atoms with E-state index in [0.717, 1.165) is 11.3 Å². The van der Waals surface area contributed by atoms with Gasteiger partial charge in [-0.25, -0.2) is 4.68 Å². The molecule has 0 fully saturated rings. The van der Waals surface area contributed by atoms with Crippen LogP contribution in [0.4, 0.5) is 5.69 Å². The van der Waals surface area contributed by atoms with Crippen LogP contribution in [0.1, 0.15) is 13.8 Å². The molecule has 0 aliphatic carbocycles. The molecule has 3 aromatic carbocycles. The molecule has 0 aliphatic heterocycles. The maximum absolute atomic E-state index is 12.3. The van der Waals surface area contributed by atoms with E-state index in [2.05, 4.69) is 15.4 Å². The Morgan fingerprint density at radius 1 is 0.944 bits per heavy atom. The van der Waals surface area contributed by atoms with Crippen molar-refractivity contribution < 1.29 is 14.3 Å². The monoisotopic (exact) mass is 544 g/mol. The van der Waals surface area contributed by atoms with Gasteiger partial charge in [0, 0.05) is 16.3 Å². The molecule has 4 aromatic rings. The molecular formula is C26H23Cl3N4O3. The number of benzene rings is 3. The normalized spacial score (nSPS) is 10.9. The highest BCUT2D eigenvalue weighted by molar-refractivity contribution is 6.42. The molecule has 4 rings (SSSR count). The van der Waals surface area contributed by atoms with Gasteiger partial charge >= 0.3 is 6.01 Å². The standard InChI is InChI=1S/C26H23Cl3N4O3/c1-16(2)14-36-26-31-25(17-3-12-22(28)23(29)13-17)33(32-26)20-8-6-19(7-9-20)30-24(34)15-35-21-10-4-18(27)5-11-21/h3-13,16H,14-15H2,1-2H3,(H,30,34). The summed E-state index contributed by atoms with van der Waals surface area (Å²) < 4.78 is 12.9. The van der Waals surface area contributed by atoms with Crippen LogP contribution in [-0.2, 0) is 4.79 Å². The Morgan fingerprint density at radius 2 is 1.67 bits per heavy atom. The lowest BCUT2D eigenvalue weighted by Gasteiger charge is -2.10. The molecule has 0 saturated heterocycles. The third-order valence-corrected chi connectivity index (χ3v) is 5.88. The minimum absolute atomic E-state index is 0.134. The van der Waals surface area contributed by atoms with Crippen LogP contribution in [0.15, 0.2) is 66.7 Å². The van der Waals surface area contributed by atoms with E-state index in [1.807, 2.05) is 32.0 Å². The predicted octanol–water partition coefficient (Wildman–Crippen LogP) is 6.95. The van der Waals surface area contributed by atoms with Crippen LogP contribution in [0.2, 0.25) is 15.1 Å². The lowest BCUT2D eigenvalue weighted by Crippen LogP contribution is -2.20. The molecule has 1 aromatic heterocycles. The Labute approximate surface area is 223 Å². The van der Waals surface area contributed by atoms with E-state index >= 15 is 0 Å². The zero-order chi connectivity index (χ0) is 25.7. The Bertz CT molecular complexity index is 1340. The Balaban J connectivity index is 1.51. The highest BCUT2D eigenvalue weighted by atomic mass is 35.5. The van der Waals surface area contributed by atoms with Crippen LogP contribution in [0.3, 0.4) is 0 Å². The molecule has 1 N–H and O–H groups in total. The van der Waals surface area contributed by atoms with E-state index in [1.165, 1.54) is 0 Å². The number of nitrogens with zero attached hydrogens (tertiary/aromatic N) is 3. The van der Waals surface area contributed by atoms with Gasteiger partial charge in [-0.1, -0.05) is 48.7 Å². The van der Waals surface area contributed by atoms with Gasteiger partial charge in [0.25, 0.3) is 5.91 Å².